The molecule has 0 aliphatic carbocycles. The molecule has 0 aromatic carbocycles. The fourth-order valence-corrected chi connectivity index (χ4v) is 1.06. The lowest BCUT2D eigenvalue weighted by Crippen LogP contribution is -2.14. The number of terminal acetylenes is 1. The van der Waals surface area contributed by atoms with Crippen molar-refractivity contribution in [2.45, 2.75) is 13.8 Å². The van der Waals surface area contributed by atoms with Gasteiger partial charge in [-0.1, -0.05) is 5.92 Å². The Bertz CT molecular complexity index is 446. The number of nitrogens with zero attached hydrogens (tertiary/aromatic N) is 3. The molecule has 1 aromatic rings. The van der Waals surface area contributed by atoms with Gasteiger partial charge in [0.25, 0.3) is 0 Å². The zero-order chi connectivity index (χ0) is 12.1. The van der Waals surface area contributed by atoms with Crippen LogP contribution in [-0.4, -0.2) is 34.9 Å². The van der Waals surface area contributed by atoms with E-state index in [2.05, 4.69) is 15.9 Å². The predicted molar refractivity (Wildman–Crippen MR) is 65.0 cm³/mol. The number of aliphatic imine (C=N–C) groups is 1. The average molecular weight is 217 g/mol. The summed E-state index contributed by atoms with van der Waals surface area (Å²) < 4.78 is 0. The van der Waals surface area contributed by atoms with Gasteiger partial charge in [-0.25, -0.2) is 9.98 Å². The van der Waals surface area contributed by atoms with E-state index in [1.165, 1.54) is 0 Å². The number of hydrogen-bond donors (Lipinski definition) is 1. The number of aryl methyl sites for hydroxylation is 1. The smallest absolute Gasteiger partial charge is 0.227 e. The minimum atomic E-state index is -0.122. The molecule has 0 bridgehead atoms. The molecule has 4 heteroatoms. The van der Waals surface area contributed by atoms with Crippen molar-refractivity contribution < 1.29 is 5.11 Å². The summed E-state index contributed by atoms with van der Waals surface area (Å²) >= 11 is 0. The first kappa shape index (κ1) is 12.1. The molecule has 84 valence electrons. The summed E-state index contributed by atoms with van der Waals surface area (Å²) in [7, 11) is 1.93. The highest BCUT2D eigenvalue weighted by molar-refractivity contribution is 5.64. The number of rotatable bonds is 3. The molecule has 1 heterocycles. The van der Waals surface area contributed by atoms with Gasteiger partial charge in [-0.15, -0.1) is 6.42 Å². The maximum Gasteiger partial charge on any atom is 0.227 e. The van der Waals surface area contributed by atoms with Crippen LogP contribution in [0.5, 0.6) is 5.88 Å². The Kier molecular flexibility index (Phi) is 3.90. The normalized spacial score (nSPS) is 10.4. The van der Waals surface area contributed by atoms with E-state index < -0.39 is 0 Å². The Balaban J connectivity index is 3.06. The second kappa shape index (κ2) is 5.17. The van der Waals surface area contributed by atoms with Gasteiger partial charge in [0.1, 0.15) is 0 Å². The zero-order valence-corrected chi connectivity index (χ0v) is 9.73. The summed E-state index contributed by atoms with van der Waals surface area (Å²) in [5, 5.41) is 9.42. The Morgan fingerprint density at radius 1 is 1.69 bits per heavy atom. The summed E-state index contributed by atoms with van der Waals surface area (Å²) in [5.41, 5.74) is 1.68. The second-order valence-corrected chi connectivity index (χ2v) is 3.43. The van der Waals surface area contributed by atoms with Crippen LogP contribution in [0.3, 0.4) is 0 Å². The van der Waals surface area contributed by atoms with Crippen LogP contribution >= 0.6 is 0 Å². The van der Waals surface area contributed by atoms with Gasteiger partial charge in [0.2, 0.25) is 5.88 Å². The van der Waals surface area contributed by atoms with Crippen LogP contribution in [0.25, 0.3) is 0 Å². The van der Waals surface area contributed by atoms with Crippen molar-refractivity contribution in [1.82, 2.24) is 9.88 Å². The molecular weight excluding hydrogens is 202 g/mol. The van der Waals surface area contributed by atoms with Gasteiger partial charge in [0.15, 0.2) is 0 Å². The van der Waals surface area contributed by atoms with Crippen molar-refractivity contribution >= 4 is 12.0 Å². The predicted octanol–water partition coefficient (Wildman–Crippen LogP) is 1.69. The third-order valence-electron chi connectivity index (χ3n) is 2.21. The molecule has 0 spiro atoms. The van der Waals surface area contributed by atoms with Crippen LogP contribution in [0.2, 0.25) is 0 Å². The highest BCUT2D eigenvalue weighted by Gasteiger charge is 2.05. The van der Waals surface area contributed by atoms with Crippen molar-refractivity contribution in [2.75, 3.05) is 13.6 Å². The number of hydrogen-bond acceptors (Lipinski definition) is 3. The van der Waals surface area contributed by atoms with E-state index in [9.17, 15) is 5.11 Å². The summed E-state index contributed by atoms with van der Waals surface area (Å²) in [5.74, 6) is 2.24. The minimum absolute atomic E-state index is 0.122. The van der Waals surface area contributed by atoms with E-state index in [0.29, 0.717) is 16.9 Å². The summed E-state index contributed by atoms with van der Waals surface area (Å²) in [6.45, 7) is 4.68. The third kappa shape index (κ3) is 2.74. The summed E-state index contributed by atoms with van der Waals surface area (Å²) in [4.78, 5) is 10.1. The lowest BCUT2D eigenvalue weighted by atomic mass is 10.2. The van der Waals surface area contributed by atoms with Crippen LogP contribution in [0.4, 0.5) is 5.69 Å². The molecule has 0 fully saturated rings. The Morgan fingerprint density at radius 3 is 2.94 bits per heavy atom. The molecule has 0 aliphatic rings. The maximum atomic E-state index is 9.42. The van der Waals surface area contributed by atoms with Crippen LogP contribution in [0.15, 0.2) is 11.1 Å². The van der Waals surface area contributed by atoms with E-state index in [1.807, 2.05) is 18.9 Å². The Labute approximate surface area is 95.7 Å². The molecule has 0 radical (unpaired) electrons. The van der Waals surface area contributed by atoms with E-state index in [-0.39, 0.29) is 5.88 Å². The van der Waals surface area contributed by atoms with E-state index in [0.717, 1.165) is 6.54 Å². The summed E-state index contributed by atoms with van der Waals surface area (Å²) in [6.07, 6.45) is 6.95. The van der Waals surface area contributed by atoms with Crippen molar-refractivity contribution in [2.24, 2.45) is 4.99 Å². The first-order valence-electron chi connectivity index (χ1n) is 5.00. The zero-order valence-electron chi connectivity index (χ0n) is 9.73. The fourth-order valence-electron chi connectivity index (χ4n) is 1.06. The van der Waals surface area contributed by atoms with E-state index in [4.69, 9.17) is 6.42 Å². The number of aromatic nitrogens is 1. The van der Waals surface area contributed by atoms with Crippen LogP contribution in [-0.2, 0) is 0 Å². The quantitative estimate of drug-likeness (QED) is 0.476. The molecule has 4 nitrogen and oxygen atoms in total. The lowest BCUT2D eigenvalue weighted by molar-refractivity contribution is 0.450. The number of pyridine rings is 1. The van der Waals surface area contributed by atoms with Gasteiger partial charge >= 0.3 is 0 Å². The second-order valence-electron chi connectivity index (χ2n) is 3.43. The highest BCUT2D eigenvalue weighted by Crippen LogP contribution is 2.23. The molecular formula is C12H15N3O. The van der Waals surface area contributed by atoms with Gasteiger partial charge < -0.3 is 10.0 Å². The average Bonchev–Trinajstić information content (AvgIpc) is 2.27. The monoisotopic (exact) mass is 217 g/mol. The summed E-state index contributed by atoms with van der Waals surface area (Å²) in [6, 6.07) is 1.65. The van der Waals surface area contributed by atoms with Crippen LogP contribution in [0.1, 0.15) is 18.2 Å². The molecule has 0 aliphatic heterocycles. The molecule has 1 N–H and O–H groups in total. The first-order valence-corrected chi connectivity index (χ1v) is 5.00. The van der Waals surface area contributed by atoms with Crippen molar-refractivity contribution in [3.05, 3.63) is 17.3 Å². The largest absolute Gasteiger partial charge is 0.492 e. The maximum absolute atomic E-state index is 9.42. The van der Waals surface area contributed by atoms with Gasteiger partial charge in [-0.2, -0.15) is 0 Å². The van der Waals surface area contributed by atoms with E-state index in [1.54, 1.807) is 19.3 Å². The Morgan fingerprint density at radius 2 is 2.38 bits per heavy atom. The molecule has 0 saturated heterocycles. The van der Waals surface area contributed by atoms with Crippen molar-refractivity contribution in [3.63, 3.8) is 0 Å². The van der Waals surface area contributed by atoms with Crippen LogP contribution in [0, 0.1) is 19.3 Å². The molecule has 1 aromatic heterocycles. The molecule has 16 heavy (non-hydrogen) atoms. The lowest BCUT2D eigenvalue weighted by Gasteiger charge is -2.09. The molecule has 0 saturated carbocycles. The van der Waals surface area contributed by atoms with Gasteiger partial charge in [0.05, 0.1) is 23.3 Å². The fraction of sp³-hybridized carbons (Fsp3) is 0.333. The van der Waals surface area contributed by atoms with E-state index >= 15 is 0 Å². The van der Waals surface area contributed by atoms with Crippen molar-refractivity contribution in [1.29, 1.82) is 0 Å². The molecule has 0 amide bonds. The van der Waals surface area contributed by atoms with Gasteiger partial charge in [-0.05, 0) is 19.9 Å². The first-order chi connectivity index (χ1) is 7.58. The molecule has 0 atom stereocenters. The standard InChI is InChI=1S/C12H15N3O/c1-5-10-7-11(9(3)14-12(10)16)13-8-15(4)6-2/h1,7-8H,6H2,2-4H3,(H,14,16)/b13-8+. The Hall–Kier alpha value is -2.02. The van der Waals surface area contributed by atoms with Gasteiger partial charge in [0, 0.05) is 13.6 Å². The molecule has 0 unspecified atom stereocenters. The third-order valence-corrected chi connectivity index (χ3v) is 2.21. The van der Waals surface area contributed by atoms with Crippen molar-refractivity contribution in [3.8, 4) is 18.2 Å². The topological polar surface area (TPSA) is 48.7 Å². The SMILES string of the molecule is C#Cc1cc(/N=C/N(C)CC)c(C)nc1O. The van der Waals surface area contributed by atoms with Crippen LogP contribution < -0.4 is 0 Å². The molecule has 1 rings (SSSR count). The number of aromatic hydroxyl groups is 1. The highest BCUT2D eigenvalue weighted by atomic mass is 16.3. The van der Waals surface area contributed by atoms with Gasteiger partial charge in [-0.3, -0.25) is 0 Å². The minimum Gasteiger partial charge on any atom is -0.492 e.